The first-order chi connectivity index (χ1) is 12.5. The molecule has 0 atom stereocenters. The summed E-state index contributed by atoms with van der Waals surface area (Å²) in [6.07, 6.45) is 0. The molecule has 1 amide bonds. The van der Waals surface area contributed by atoms with Crippen molar-refractivity contribution < 1.29 is 22.4 Å². The van der Waals surface area contributed by atoms with Crippen molar-refractivity contribution in [3.63, 3.8) is 0 Å². The van der Waals surface area contributed by atoms with Crippen LogP contribution in [-0.2, 0) is 9.84 Å². The number of hydrogen-bond acceptors (Lipinski definition) is 5. The predicted octanol–water partition coefficient (Wildman–Crippen LogP) is 2.74. The van der Waals surface area contributed by atoms with Crippen molar-refractivity contribution in [1.29, 1.82) is 0 Å². The Labute approximate surface area is 150 Å². The number of amides is 1. The van der Waals surface area contributed by atoms with E-state index >= 15 is 0 Å². The second kappa shape index (κ2) is 6.17. The molecule has 0 N–H and O–H groups in total. The lowest BCUT2D eigenvalue weighted by Crippen LogP contribution is -2.56. The minimum Gasteiger partial charge on any atom is -0.497 e. The number of likely N-dealkylation sites (tertiary alicyclic amines) is 1. The molecule has 0 bridgehead atoms. The van der Waals surface area contributed by atoms with Gasteiger partial charge in [-0.2, -0.15) is 0 Å². The van der Waals surface area contributed by atoms with Crippen LogP contribution in [0.4, 0.5) is 0 Å². The van der Waals surface area contributed by atoms with Gasteiger partial charge in [-0.25, -0.2) is 8.42 Å². The Hall–Kier alpha value is -2.80. The standard InChI is InChI=1S/C19H17NO5S/c1-24-14-6-8-15(9-7-14)26(22,23)16-11-20(12-16)19(21)18-10-13-4-2-3-5-17(13)25-18/h2-10,16H,11-12H2,1H3. The molecule has 0 radical (unpaired) electrons. The average Bonchev–Trinajstić information content (AvgIpc) is 3.04. The largest absolute Gasteiger partial charge is 0.497 e. The summed E-state index contributed by atoms with van der Waals surface area (Å²) in [5.74, 6) is 0.535. The fourth-order valence-corrected chi connectivity index (χ4v) is 4.65. The van der Waals surface area contributed by atoms with E-state index in [1.54, 1.807) is 24.3 Å². The number of ether oxygens (including phenoxy) is 1. The van der Waals surface area contributed by atoms with Gasteiger partial charge in [0.2, 0.25) is 0 Å². The molecular formula is C19H17NO5S. The molecular weight excluding hydrogens is 354 g/mol. The van der Waals surface area contributed by atoms with E-state index in [2.05, 4.69) is 0 Å². The Morgan fingerprint density at radius 2 is 1.81 bits per heavy atom. The highest BCUT2D eigenvalue weighted by atomic mass is 32.2. The van der Waals surface area contributed by atoms with Crippen molar-refractivity contribution in [3.05, 3.63) is 60.4 Å². The zero-order chi connectivity index (χ0) is 18.3. The van der Waals surface area contributed by atoms with Gasteiger partial charge < -0.3 is 14.1 Å². The van der Waals surface area contributed by atoms with E-state index in [9.17, 15) is 13.2 Å². The monoisotopic (exact) mass is 371 g/mol. The maximum absolute atomic E-state index is 12.7. The van der Waals surface area contributed by atoms with Gasteiger partial charge in [0, 0.05) is 18.5 Å². The number of para-hydroxylation sites is 1. The number of hydrogen-bond donors (Lipinski definition) is 0. The number of methoxy groups -OCH3 is 1. The van der Waals surface area contributed by atoms with Crippen molar-refractivity contribution >= 4 is 26.7 Å². The van der Waals surface area contributed by atoms with Crippen molar-refractivity contribution in [2.45, 2.75) is 10.1 Å². The van der Waals surface area contributed by atoms with Crippen LogP contribution in [0.2, 0.25) is 0 Å². The molecule has 134 valence electrons. The lowest BCUT2D eigenvalue weighted by atomic mass is 10.2. The Morgan fingerprint density at radius 3 is 2.46 bits per heavy atom. The van der Waals surface area contributed by atoms with E-state index in [0.29, 0.717) is 11.3 Å². The van der Waals surface area contributed by atoms with Crippen LogP contribution in [0.3, 0.4) is 0 Å². The maximum Gasteiger partial charge on any atom is 0.289 e. The van der Waals surface area contributed by atoms with Crippen LogP contribution in [0.15, 0.2) is 63.9 Å². The number of rotatable bonds is 4. The smallest absolute Gasteiger partial charge is 0.289 e. The molecule has 0 spiro atoms. The molecule has 6 nitrogen and oxygen atoms in total. The van der Waals surface area contributed by atoms with Gasteiger partial charge in [-0.3, -0.25) is 4.79 Å². The minimum absolute atomic E-state index is 0.157. The fourth-order valence-electron chi connectivity index (χ4n) is 3.00. The Bertz CT molecular complexity index is 1030. The first kappa shape index (κ1) is 16.7. The van der Waals surface area contributed by atoms with Gasteiger partial charge in [0.25, 0.3) is 5.91 Å². The van der Waals surface area contributed by atoms with Gasteiger partial charge in [0.1, 0.15) is 16.6 Å². The van der Waals surface area contributed by atoms with Gasteiger partial charge in [0.05, 0.1) is 12.0 Å². The summed E-state index contributed by atoms with van der Waals surface area (Å²) < 4.78 is 35.9. The van der Waals surface area contributed by atoms with E-state index < -0.39 is 15.1 Å². The second-order valence-corrected chi connectivity index (χ2v) is 8.43. The van der Waals surface area contributed by atoms with Crippen LogP contribution in [-0.4, -0.2) is 44.7 Å². The van der Waals surface area contributed by atoms with E-state index in [0.717, 1.165) is 5.39 Å². The third kappa shape index (κ3) is 2.74. The van der Waals surface area contributed by atoms with Crippen molar-refractivity contribution in [2.75, 3.05) is 20.2 Å². The van der Waals surface area contributed by atoms with Crippen LogP contribution >= 0.6 is 0 Å². The highest BCUT2D eigenvalue weighted by Gasteiger charge is 2.41. The summed E-state index contributed by atoms with van der Waals surface area (Å²) in [6.45, 7) is 0.314. The van der Waals surface area contributed by atoms with Crippen LogP contribution in [0.5, 0.6) is 5.75 Å². The normalized spacial score (nSPS) is 15.0. The number of fused-ring (bicyclic) bond motifs is 1. The molecule has 1 aliphatic heterocycles. The fraction of sp³-hybridized carbons (Fsp3) is 0.211. The quantitative estimate of drug-likeness (QED) is 0.705. The summed E-state index contributed by atoms with van der Waals surface area (Å²) in [7, 11) is -1.96. The molecule has 0 aliphatic carbocycles. The van der Waals surface area contributed by atoms with Crippen LogP contribution < -0.4 is 4.74 Å². The zero-order valence-corrected chi connectivity index (χ0v) is 14.9. The Kier molecular flexibility index (Phi) is 3.96. The second-order valence-electron chi connectivity index (χ2n) is 6.20. The highest BCUT2D eigenvalue weighted by molar-refractivity contribution is 7.92. The predicted molar refractivity (Wildman–Crippen MR) is 96.1 cm³/mol. The number of benzene rings is 2. The molecule has 1 fully saturated rings. The lowest BCUT2D eigenvalue weighted by molar-refractivity contribution is 0.0628. The van der Waals surface area contributed by atoms with Gasteiger partial charge in [0.15, 0.2) is 15.6 Å². The van der Waals surface area contributed by atoms with Crippen LogP contribution in [0.1, 0.15) is 10.6 Å². The number of carbonyl (C=O) groups is 1. The highest BCUT2D eigenvalue weighted by Crippen LogP contribution is 2.28. The minimum atomic E-state index is -3.48. The van der Waals surface area contributed by atoms with Crippen molar-refractivity contribution in [2.24, 2.45) is 0 Å². The summed E-state index contributed by atoms with van der Waals surface area (Å²) in [6, 6.07) is 15.3. The number of furan rings is 1. The van der Waals surface area contributed by atoms with E-state index in [1.807, 2.05) is 18.2 Å². The first-order valence-electron chi connectivity index (χ1n) is 8.15. The number of nitrogens with zero attached hydrogens (tertiary/aromatic N) is 1. The molecule has 0 unspecified atom stereocenters. The van der Waals surface area contributed by atoms with E-state index in [1.165, 1.54) is 24.1 Å². The molecule has 3 aromatic rings. The third-order valence-corrected chi connectivity index (χ3v) is 6.70. The average molecular weight is 371 g/mol. The van der Waals surface area contributed by atoms with Crippen molar-refractivity contribution in [3.8, 4) is 5.75 Å². The molecule has 2 aromatic carbocycles. The number of carbonyl (C=O) groups excluding carboxylic acids is 1. The van der Waals surface area contributed by atoms with Gasteiger partial charge in [-0.05, 0) is 36.4 Å². The van der Waals surface area contributed by atoms with Gasteiger partial charge in [-0.15, -0.1) is 0 Å². The zero-order valence-electron chi connectivity index (χ0n) is 14.1. The molecule has 1 aromatic heterocycles. The lowest BCUT2D eigenvalue weighted by Gasteiger charge is -2.38. The van der Waals surface area contributed by atoms with E-state index in [4.69, 9.17) is 9.15 Å². The molecule has 4 rings (SSSR count). The molecule has 26 heavy (non-hydrogen) atoms. The van der Waals surface area contributed by atoms with Crippen LogP contribution in [0, 0.1) is 0 Å². The van der Waals surface area contributed by atoms with Crippen molar-refractivity contribution in [1.82, 2.24) is 4.90 Å². The summed E-state index contributed by atoms with van der Waals surface area (Å²) in [5.41, 5.74) is 0.638. The van der Waals surface area contributed by atoms with Gasteiger partial charge in [-0.1, -0.05) is 18.2 Å². The summed E-state index contributed by atoms with van der Waals surface area (Å²) in [5, 5.41) is 0.239. The number of sulfone groups is 1. The SMILES string of the molecule is COc1ccc(S(=O)(=O)C2CN(C(=O)c3cc4ccccc4o3)C2)cc1. The summed E-state index contributed by atoms with van der Waals surface area (Å²) >= 11 is 0. The molecule has 1 saturated heterocycles. The molecule has 7 heteroatoms. The topological polar surface area (TPSA) is 76.8 Å². The Morgan fingerprint density at radius 1 is 1.12 bits per heavy atom. The van der Waals surface area contributed by atoms with E-state index in [-0.39, 0.29) is 29.7 Å². The molecule has 2 heterocycles. The first-order valence-corrected chi connectivity index (χ1v) is 9.69. The van der Waals surface area contributed by atoms with Gasteiger partial charge >= 0.3 is 0 Å². The van der Waals surface area contributed by atoms with Crippen LogP contribution in [0.25, 0.3) is 11.0 Å². The molecule has 1 aliphatic rings. The maximum atomic E-state index is 12.7. The summed E-state index contributed by atoms with van der Waals surface area (Å²) in [4.78, 5) is 14.2. The molecule has 0 saturated carbocycles. The Balaban J connectivity index is 1.47. The third-order valence-electron chi connectivity index (χ3n) is 4.60.